The number of ether oxygens (including phenoxy) is 1. The van der Waals surface area contributed by atoms with Crippen molar-refractivity contribution in [1.82, 2.24) is 20.2 Å². The quantitative estimate of drug-likeness (QED) is 0.0883. The van der Waals surface area contributed by atoms with Crippen molar-refractivity contribution in [3.05, 3.63) is 155 Å². The molecule has 1 amide bonds. The largest absolute Gasteiger partial charge is 0.507 e. The summed E-state index contributed by atoms with van der Waals surface area (Å²) in [5.41, 5.74) is 6.97. The van der Waals surface area contributed by atoms with Gasteiger partial charge >= 0.3 is 6.09 Å². The number of carbonyl (C=O) groups excluding carboxylic acids is 1. The lowest BCUT2D eigenvalue weighted by Crippen LogP contribution is -2.42. The van der Waals surface area contributed by atoms with Crippen molar-refractivity contribution in [2.24, 2.45) is 0 Å². The lowest BCUT2D eigenvalue weighted by Gasteiger charge is -2.35. The molecular weight excluding hydrogens is 848 g/mol. The number of aromatic hydroxyl groups is 2. The molecule has 0 radical (unpaired) electrons. The van der Waals surface area contributed by atoms with Gasteiger partial charge in [0.25, 0.3) is 0 Å². The number of likely N-dealkylation sites (tertiary alicyclic amines) is 1. The number of amides is 1. The average molecular weight is 906 g/mol. The van der Waals surface area contributed by atoms with Gasteiger partial charge in [0.05, 0.1) is 22.5 Å². The number of phenolic OH excluding ortho intramolecular Hbond substituents is 2. The summed E-state index contributed by atoms with van der Waals surface area (Å²) in [5, 5.41) is 51.1. The number of aromatic nitrogens is 2. The molecule has 66 heavy (non-hydrogen) atoms. The monoisotopic (exact) mass is 904 g/mol. The van der Waals surface area contributed by atoms with Crippen molar-refractivity contribution in [3.8, 4) is 46.2 Å². The second kappa shape index (κ2) is 22.7. The number of halogens is 1. The van der Waals surface area contributed by atoms with E-state index in [0.29, 0.717) is 71.5 Å². The van der Waals surface area contributed by atoms with Gasteiger partial charge in [-0.15, -0.1) is 12.4 Å². The van der Waals surface area contributed by atoms with Gasteiger partial charge in [-0.05, 0) is 118 Å². The minimum absolute atomic E-state index is 0. The van der Waals surface area contributed by atoms with Crippen LogP contribution in [0.3, 0.4) is 0 Å². The molecule has 2 aromatic heterocycles. The van der Waals surface area contributed by atoms with Gasteiger partial charge in [0.1, 0.15) is 40.9 Å². The Bertz CT molecular complexity index is 2660. The van der Waals surface area contributed by atoms with Crippen molar-refractivity contribution in [3.63, 3.8) is 0 Å². The Morgan fingerprint density at radius 2 is 1.20 bits per heavy atom. The van der Waals surface area contributed by atoms with E-state index < -0.39 is 5.60 Å². The molecule has 2 saturated heterocycles. The van der Waals surface area contributed by atoms with Gasteiger partial charge in [-0.3, -0.25) is 0 Å². The molecule has 13 heteroatoms. The highest BCUT2D eigenvalue weighted by Gasteiger charge is 2.31. The first-order valence-corrected chi connectivity index (χ1v) is 22.2. The molecule has 2 aliphatic heterocycles. The van der Waals surface area contributed by atoms with Crippen LogP contribution in [0.2, 0.25) is 0 Å². The third kappa shape index (κ3) is 12.4. The smallest absolute Gasteiger partial charge is 0.410 e. The highest BCUT2D eigenvalue weighted by atomic mass is 35.5. The maximum absolute atomic E-state index is 12.8. The van der Waals surface area contributed by atoms with Crippen LogP contribution < -0.4 is 16.0 Å². The topological polar surface area (TPSA) is 179 Å². The first-order valence-electron chi connectivity index (χ1n) is 22.2. The lowest BCUT2D eigenvalue weighted by molar-refractivity contribution is 0.0198. The number of phenols is 2. The van der Waals surface area contributed by atoms with E-state index in [1.165, 1.54) is 0 Å². The summed E-state index contributed by atoms with van der Waals surface area (Å²) in [5.74, 6) is 1.53. The predicted molar refractivity (Wildman–Crippen MR) is 262 cm³/mol. The molecule has 2 unspecified atom stereocenters. The Labute approximate surface area is 393 Å². The number of pyridine rings is 2. The minimum Gasteiger partial charge on any atom is -0.507 e. The number of para-hydroxylation sites is 2. The molecule has 0 spiro atoms. The molecule has 0 saturated carbocycles. The van der Waals surface area contributed by atoms with E-state index in [9.17, 15) is 25.5 Å². The summed E-state index contributed by atoms with van der Waals surface area (Å²) in [6, 6.07) is 42.8. The molecule has 12 nitrogen and oxygen atoms in total. The van der Waals surface area contributed by atoms with Crippen molar-refractivity contribution in [1.29, 1.82) is 10.5 Å². The SMILES string of the molecule is CC(C)(C)OC(=O)N1CCCC(c2cc(-c3ccccc3O)nc(NCc3ccccc3)c2C#N)C1.Cl.N#Cc1c(C2CCCNC2)cc(-c2ccccc2O)nc1NCc1ccccc1. The Morgan fingerprint density at radius 3 is 1.65 bits per heavy atom. The van der Waals surface area contributed by atoms with E-state index >= 15 is 0 Å². The zero-order valence-corrected chi connectivity index (χ0v) is 38.4. The Balaban J connectivity index is 0.000000220. The molecule has 340 valence electrons. The van der Waals surface area contributed by atoms with Gasteiger partial charge in [-0.2, -0.15) is 10.5 Å². The van der Waals surface area contributed by atoms with Crippen LogP contribution in [0, 0.1) is 22.7 Å². The molecule has 4 aromatic carbocycles. The Hall–Kier alpha value is -7.12. The molecule has 0 aliphatic carbocycles. The number of hydrogen-bond acceptors (Lipinski definition) is 11. The van der Waals surface area contributed by atoms with E-state index in [-0.39, 0.29) is 41.8 Å². The molecule has 4 heterocycles. The number of anilines is 2. The average Bonchev–Trinajstić information content (AvgIpc) is 3.33. The maximum atomic E-state index is 12.8. The van der Waals surface area contributed by atoms with Crippen LogP contribution >= 0.6 is 12.4 Å². The third-order valence-electron chi connectivity index (χ3n) is 11.5. The number of carbonyl (C=O) groups is 1. The van der Waals surface area contributed by atoms with Crippen molar-refractivity contribution < 1.29 is 19.7 Å². The number of nitrogens with one attached hydrogen (secondary N) is 3. The van der Waals surface area contributed by atoms with E-state index in [1.54, 1.807) is 29.2 Å². The molecule has 2 aliphatic rings. The van der Waals surface area contributed by atoms with Gasteiger partial charge in [-0.1, -0.05) is 84.9 Å². The number of rotatable bonds is 10. The minimum atomic E-state index is -0.578. The van der Waals surface area contributed by atoms with Crippen LogP contribution in [0.5, 0.6) is 11.5 Å². The summed E-state index contributed by atoms with van der Waals surface area (Å²) in [7, 11) is 0. The first-order chi connectivity index (χ1) is 31.5. The molecule has 2 fully saturated rings. The number of nitriles is 2. The van der Waals surface area contributed by atoms with Crippen LogP contribution in [0.1, 0.15) is 91.7 Å². The summed E-state index contributed by atoms with van der Waals surface area (Å²) < 4.78 is 5.60. The van der Waals surface area contributed by atoms with Crippen LogP contribution in [0.15, 0.2) is 121 Å². The first kappa shape index (κ1) is 48.3. The fraction of sp³-hybridized carbons (Fsp3) is 0.302. The molecule has 8 rings (SSSR count). The summed E-state index contributed by atoms with van der Waals surface area (Å²) in [6.45, 7) is 9.56. The van der Waals surface area contributed by atoms with Crippen LogP contribution in [-0.2, 0) is 17.8 Å². The van der Waals surface area contributed by atoms with Crippen molar-refractivity contribution >= 4 is 30.1 Å². The van der Waals surface area contributed by atoms with Gasteiger partial charge in [0.15, 0.2) is 0 Å². The molecule has 5 N–H and O–H groups in total. The third-order valence-corrected chi connectivity index (χ3v) is 11.5. The van der Waals surface area contributed by atoms with E-state index in [1.807, 2.05) is 118 Å². The van der Waals surface area contributed by atoms with Crippen molar-refractivity contribution in [2.75, 3.05) is 36.8 Å². The Kier molecular flexibility index (Phi) is 16.6. The van der Waals surface area contributed by atoms with Crippen LogP contribution in [0.25, 0.3) is 22.5 Å². The second-order valence-electron chi connectivity index (χ2n) is 17.4. The van der Waals surface area contributed by atoms with Crippen molar-refractivity contribution in [2.45, 2.75) is 77.0 Å². The predicted octanol–water partition coefficient (Wildman–Crippen LogP) is 10.9. The molecule has 0 bridgehead atoms. The molecule has 2 atom stereocenters. The van der Waals surface area contributed by atoms with Gasteiger partial charge in [0.2, 0.25) is 0 Å². The van der Waals surface area contributed by atoms with Crippen LogP contribution in [-0.4, -0.2) is 63.0 Å². The normalized spacial score (nSPS) is 15.7. The Morgan fingerprint density at radius 1 is 0.727 bits per heavy atom. The maximum Gasteiger partial charge on any atom is 0.410 e. The fourth-order valence-electron chi connectivity index (χ4n) is 8.32. The zero-order valence-electron chi connectivity index (χ0n) is 37.6. The van der Waals surface area contributed by atoms with Crippen LogP contribution in [0.4, 0.5) is 16.4 Å². The summed E-state index contributed by atoms with van der Waals surface area (Å²) in [6.07, 6.45) is 3.40. The van der Waals surface area contributed by atoms with E-state index in [0.717, 1.165) is 61.0 Å². The molecular formula is C53H57ClN8O4. The van der Waals surface area contributed by atoms with Gasteiger partial charge in [-0.25, -0.2) is 14.8 Å². The lowest BCUT2D eigenvalue weighted by atomic mass is 9.87. The fourth-order valence-corrected chi connectivity index (χ4v) is 8.32. The number of nitrogens with zero attached hydrogens (tertiary/aromatic N) is 5. The number of hydrogen-bond donors (Lipinski definition) is 5. The highest BCUT2D eigenvalue weighted by molar-refractivity contribution is 5.85. The number of benzene rings is 4. The zero-order chi connectivity index (χ0) is 45.8. The standard InChI is InChI=1S/C29H32N4O3.C24H24N4O.ClH/c1-29(2,3)36-28(35)33-15-9-12-21(19-33)23-16-25(22-13-7-8-14-26(22)34)32-27(24(23)17-30)31-18-20-10-5-4-6-11-20;25-14-21-20(18-9-6-12-26-16-18)13-22(19-10-4-5-11-23(19)29)28-24(21)27-15-17-7-2-1-3-8-17;/h4-8,10-11,13-14,16,21,34H,9,12,15,18-19H2,1-3H3,(H,31,32);1-5,7-8,10-11,13,18,26,29H,6,9,12,15-16H2,(H,27,28);1H. The second-order valence-corrected chi connectivity index (χ2v) is 17.4. The summed E-state index contributed by atoms with van der Waals surface area (Å²) >= 11 is 0. The number of piperidine rings is 2. The summed E-state index contributed by atoms with van der Waals surface area (Å²) in [4.78, 5) is 24.0. The molecule has 6 aromatic rings. The highest BCUT2D eigenvalue weighted by Crippen LogP contribution is 2.38. The van der Waals surface area contributed by atoms with Gasteiger partial charge < -0.3 is 35.8 Å². The van der Waals surface area contributed by atoms with E-state index in [4.69, 9.17) is 14.7 Å². The van der Waals surface area contributed by atoms with E-state index in [2.05, 4.69) is 28.1 Å². The van der Waals surface area contributed by atoms with Gasteiger partial charge in [0, 0.05) is 49.8 Å².